The summed E-state index contributed by atoms with van der Waals surface area (Å²) in [7, 11) is 0. The monoisotopic (exact) mass is 306 g/mol. The average Bonchev–Trinajstić information content (AvgIpc) is 2.52. The highest BCUT2D eigenvalue weighted by atomic mass is 32.1. The molecule has 0 radical (unpaired) electrons. The maximum Gasteiger partial charge on any atom is 0.260 e. The summed E-state index contributed by atoms with van der Waals surface area (Å²) in [5.74, 6) is 1.22. The minimum absolute atomic E-state index is 0.0332. The lowest BCUT2D eigenvalue weighted by molar-refractivity contribution is -0.135. The van der Waals surface area contributed by atoms with Crippen LogP contribution in [0.15, 0.2) is 24.3 Å². The number of carbonyl (C=O) groups is 1. The lowest BCUT2D eigenvalue weighted by atomic mass is 9.96. The normalized spacial score (nSPS) is 18.3. The van der Waals surface area contributed by atoms with Crippen molar-refractivity contribution in [3.05, 3.63) is 29.8 Å². The van der Waals surface area contributed by atoms with Crippen molar-refractivity contribution in [3.63, 3.8) is 0 Å². The van der Waals surface area contributed by atoms with Crippen molar-refractivity contribution >= 4 is 23.1 Å². The van der Waals surface area contributed by atoms with Crippen molar-refractivity contribution in [2.24, 2.45) is 11.7 Å². The molecule has 1 atom stereocenters. The first-order valence-electron chi connectivity index (χ1n) is 7.41. The Morgan fingerprint density at radius 3 is 2.95 bits per heavy atom. The van der Waals surface area contributed by atoms with Crippen LogP contribution in [-0.4, -0.2) is 35.5 Å². The number of carbonyl (C=O) groups excluding carboxylic acids is 1. The van der Waals surface area contributed by atoms with Gasteiger partial charge in [-0.25, -0.2) is 0 Å². The molecule has 0 aliphatic carbocycles. The first kappa shape index (κ1) is 15.8. The molecule has 1 fully saturated rings. The molecule has 2 rings (SSSR count). The maximum absolute atomic E-state index is 12.3. The molecule has 1 aromatic rings. The van der Waals surface area contributed by atoms with E-state index in [1.807, 2.05) is 17.0 Å². The van der Waals surface area contributed by atoms with E-state index in [4.69, 9.17) is 22.7 Å². The van der Waals surface area contributed by atoms with Crippen molar-refractivity contribution in [1.82, 2.24) is 4.90 Å². The number of benzene rings is 1. The van der Waals surface area contributed by atoms with Crippen molar-refractivity contribution < 1.29 is 9.53 Å². The van der Waals surface area contributed by atoms with Crippen LogP contribution in [0.25, 0.3) is 0 Å². The molecule has 1 amide bonds. The lowest BCUT2D eigenvalue weighted by Gasteiger charge is -2.32. The van der Waals surface area contributed by atoms with Crippen LogP contribution in [0.2, 0.25) is 0 Å². The number of nitrogens with two attached hydrogens (primary N) is 1. The second kappa shape index (κ2) is 7.41. The molecule has 1 heterocycles. The van der Waals surface area contributed by atoms with Gasteiger partial charge >= 0.3 is 0 Å². The Kier molecular flexibility index (Phi) is 5.56. The number of likely N-dealkylation sites (tertiary alicyclic amines) is 1. The molecule has 5 heteroatoms. The van der Waals surface area contributed by atoms with E-state index in [1.165, 1.54) is 6.42 Å². The number of hydrogen-bond acceptors (Lipinski definition) is 3. The van der Waals surface area contributed by atoms with E-state index < -0.39 is 0 Å². The fraction of sp³-hybridized carbons (Fsp3) is 0.500. The molecule has 114 valence electrons. The Morgan fingerprint density at radius 2 is 2.24 bits per heavy atom. The maximum atomic E-state index is 12.3. The van der Waals surface area contributed by atoms with Gasteiger partial charge in [0.25, 0.3) is 5.91 Å². The minimum atomic E-state index is 0.0332. The Hall–Kier alpha value is -1.62. The second-order valence-electron chi connectivity index (χ2n) is 5.41. The Morgan fingerprint density at radius 1 is 1.48 bits per heavy atom. The second-order valence-corrected chi connectivity index (χ2v) is 5.85. The van der Waals surface area contributed by atoms with Gasteiger partial charge in [0.1, 0.15) is 10.7 Å². The lowest BCUT2D eigenvalue weighted by Crippen LogP contribution is -2.42. The molecule has 1 unspecified atom stereocenters. The predicted molar refractivity (Wildman–Crippen MR) is 87.4 cm³/mol. The van der Waals surface area contributed by atoms with E-state index in [2.05, 4.69) is 6.92 Å². The zero-order valence-electron chi connectivity index (χ0n) is 12.4. The van der Waals surface area contributed by atoms with Crippen LogP contribution < -0.4 is 10.5 Å². The van der Waals surface area contributed by atoms with E-state index in [-0.39, 0.29) is 17.5 Å². The van der Waals surface area contributed by atoms with Crippen LogP contribution in [0.5, 0.6) is 5.75 Å². The van der Waals surface area contributed by atoms with Crippen LogP contribution in [0.3, 0.4) is 0 Å². The summed E-state index contributed by atoms with van der Waals surface area (Å²) in [5.41, 5.74) is 6.33. The van der Waals surface area contributed by atoms with Crippen LogP contribution >= 0.6 is 12.2 Å². The minimum Gasteiger partial charge on any atom is -0.483 e. The van der Waals surface area contributed by atoms with Crippen LogP contribution in [0, 0.1) is 5.92 Å². The molecule has 1 aliphatic rings. The quantitative estimate of drug-likeness (QED) is 0.849. The highest BCUT2D eigenvalue weighted by molar-refractivity contribution is 7.80. The summed E-state index contributed by atoms with van der Waals surface area (Å²) in [6.07, 6.45) is 3.41. The highest BCUT2D eigenvalue weighted by Gasteiger charge is 2.22. The molecule has 4 nitrogen and oxygen atoms in total. The van der Waals surface area contributed by atoms with Gasteiger partial charge in [0.15, 0.2) is 6.61 Å². The number of para-hydroxylation sites is 1. The molecule has 1 saturated heterocycles. The van der Waals surface area contributed by atoms with Crippen molar-refractivity contribution in [2.75, 3.05) is 19.7 Å². The van der Waals surface area contributed by atoms with Gasteiger partial charge in [-0.3, -0.25) is 4.79 Å². The summed E-state index contributed by atoms with van der Waals surface area (Å²) in [6.45, 7) is 3.88. The number of piperidine rings is 1. The zero-order valence-corrected chi connectivity index (χ0v) is 13.2. The standard InChI is InChI=1S/C16H22N2O2S/c1-2-12-6-5-9-18(10-12)15(19)11-20-14-8-4-3-7-13(14)16(17)21/h3-4,7-8,12H,2,5-6,9-11H2,1H3,(H2,17,21). The Bertz CT molecular complexity index is 519. The summed E-state index contributed by atoms with van der Waals surface area (Å²) in [6, 6.07) is 7.28. The number of thiocarbonyl (C=S) groups is 1. The Balaban J connectivity index is 1.94. The first-order chi connectivity index (χ1) is 10.1. The number of ether oxygens (including phenoxy) is 1. The number of hydrogen-bond donors (Lipinski definition) is 1. The molecular weight excluding hydrogens is 284 g/mol. The van der Waals surface area contributed by atoms with Crippen molar-refractivity contribution in [1.29, 1.82) is 0 Å². The van der Waals surface area contributed by atoms with Crippen molar-refractivity contribution in [3.8, 4) is 5.75 Å². The third-order valence-corrected chi connectivity index (χ3v) is 4.17. The summed E-state index contributed by atoms with van der Waals surface area (Å²) < 4.78 is 5.62. The third kappa shape index (κ3) is 4.17. The molecule has 1 aromatic carbocycles. The summed E-state index contributed by atoms with van der Waals surface area (Å²) >= 11 is 4.99. The SMILES string of the molecule is CCC1CCCN(C(=O)COc2ccccc2C(N)=S)C1. The number of nitrogens with zero attached hydrogens (tertiary/aromatic N) is 1. The number of amides is 1. The highest BCUT2D eigenvalue weighted by Crippen LogP contribution is 2.20. The molecule has 21 heavy (non-hydrogen) atoms. The van der Waals surface area contributed by atoms with E-state index >= 15 is 0 Å². The van der Waals surface area contributed by atoms with Crippen LogP contribution in [0.1, 0.15) is 31.7 Å². The van der Waals surface area contributed by atoms with Gasteiger partial charge in [0.2, 0.25) is 0 Å². The molecule has 0 aromatic heterocycles. The molecule has 2 N–H and O–H groups in total. The van der Waals surface area contributed by atoms with Gasteiger partial charge < -0.3 is 15.4 Å². The Labute approximate surface area is 131 Å². The fourth-order valence-corrected chi connectivity index (χ4v) is 2.82. The molecule has 0 saturated carbocycles. The largest absolute Gasteiger partial charge is 0.483 e. The summed E-state index contributed by atoms with van der Waals surface area (Å²) in [4.78, 5) is 14.4. The predicted octanol–water partition coefficient (Wildman–Crippen LogP) is 2.35. The molecular formula is C16H22N2O2S. The third-order valence-electron chi connectivity index (χ3n) is 3.95. The average molecular weight is 306 g/mol. The van der Waals surface area contributed by atoms with E-state index in [0.29, 0.717) is 17.2 Å². The van der Waals surface area contributed by atoms with Gasteiger partial charge in [0.05, 0.1) is 5.56 Å². The molecule has 0 spiro atoms. The van der Waals surface area contributed by atoms with Gasteiger partial charge in [-0.15, -0.1) is 0 Å². The van der Waals surface area contributed by atoms with Gasteiger partial charge in [0, 0.05) is 13.1 Å². The van der Waals surface area contributed by atoms with Crippen LogP contribution in [-0.2, 0) is 4.79 Å². The van der Waals surface area contributed by atoms with Gasteiger partial charge in [-0.2, -0.15) is 0 Å². The molecule has 1 aliphatic heterocycles. The van der Waals surface area contributed by atoms with Gasteiger partial charge in [-0.1, -0.05) is 37.7 Å². The number of rotatable bonds is 5. The van der Waals surface area contributed by atoms with E-state index in [0.717, 1.165) is 25.9 Å². The van der Waals surface area contributed by atoms with E-state index in [9.17, 15) is 4.79 Å². The van der Waals surface area contributed by atoms with E-state index in [1.54, 1.807) is 12.1 Å². The van der Waals surface area contributed by atoms with Crippen LogP contribution in [0.4, 0.5) is 0 Å². The summed E-state index contributed by atoms with van der Waals surface area (Å²) in [5, 5.41) is 0. The molecule has 0 bridgehead atoms. The first-order valence-corrected chi connectivity index (χ1v) is 7.82. The zero-order chi connectivity index (χ0) is 15.2. The van der Waals surface area contributed by atoms with Gasteiger partial charge in [-0.05, 0) is 30.9 Å². The fourth-order valence-electron chi connectivity index (χ4n) is 2.65. The van der Waals surface area contributed by atoms with Crippen molar-refractivity contribution in [2.45, 2.75) is 26.2 Å². The topological polar surface area (TPSA) is 55.6 Å². The smallest absolute Gasteiger partial charge is 0.260 e.